The molecule has 0 fully saturated rings. The summed E-state index contributed by atoms with van der Waals surface area (Å²) in [6.45, 7) is 3.64. The predicted octanol–water partition coefficient (Wildman–Crippen LogP) is 2.65. The zero-order valence-electron chi connectivity index (χ0n) is 11.3. The van der Waals surface area contributed by atoms with Crippen molar-refractivity contribution >= 4 is 5.91 Å². The van der Waals surface area contributed by atoms with E-state index in [-0.39, 0.29) is 11.3 Å². The molecule has 0 saturated carbocycles. The van der Waals surface area contributed by atoms with Crippen LogP contribution in [0.15, 0.2) is 18.2 Å². The lowest BCUT2D eigenvalue weighted by Crippen LogP contribution is -2.46. The molecule has 1 N–H and O–H groups in total. The number of ether oxygens (including phenoxy) is 1. The molecule has 0 aliphatic carbocycles. The molecule has 0 spiro atoms. The molecule has 1 aromatic rings. The van der Waals surface area contributed by atoms with Crippen LogP contribution in [0.25, 0.3) is 0 Å². The van der Waals surface area contributed by atoms with Gasteiger partial charge in [-0.05, 0) is 31.0 Å². The summed E-state index contributed by atoms with van der Waals surface area (Å²) in [6, 6.07) is 6.05. The maximum atomic E-state index is 13.5. The van der Waals surface area contributed by atoms with Gasteiger partial charge in [0.15, 0.2) is 11.6 Å². The normalized spacial score (nSPS) is 10.7. The van der Waals surface area contributed by atoms with Gasteiger partial charge in [-0.3, -0.25) is 4.79 Å². The minimum Gasteiger partial charge on any atom is -0.494 e. The molecule has 0 heterocycles. The summed E-state index contributed by atoms with van der Waals surface area (Å²) >= 11 is 0. The zero-order valence-corrected chi connectivity index (χ0v) is 11.3. The fraction of sp³-hybridized carbons (Fsp3) is 0.429. The van der Waals surface area contributed by atoms with E-state index in [0.29, 0.717) is 12.8 Å². The molecule has 0 unspecified atom stereocenters. The van der Waals surface area contributed by atoms with Crippen LogP contribution in [0.2, 0.25) is 0 Å². The molecule has 19 heavy (non-hydrogen) atoms. The van der Waals surface area contributed by atoms with E-state index in [2.05, 4.69) is 11.4 Å². The van der Waals surface area contributed by atoms with E-state index < -0.39 is 17.3 Å². The second kappa shape index (κ2) is 6.19. The van der Waals surface area contributed by atoms with Crippen LogP contribution in [0.1, 0.15) is 37.0 Å². The molecule has 0 aliphatic rings. The lowest BCUT2D eigenvalue weighted by molar-refractivity contribution is 0.0915. The SMILES string of the molecule is CCC(C#N)(CC)NC(=O)c1ccc(OC)c(F)c1. The van der Waals surface area contributed by atoms with Crippen LogP contribution in [0.4, 0.5) is 4.39 Å². The Hall–Kier alpha value is -2.09. The van der Waals surface area contributed by atoms with Crippen LogP contribution in [-0.4, -0.2) is 18.6 Å². The van der Waals surface area contributed by atoms with Crippen LogP contribution in [-0.2, 0) is 0 Å². The number of nitrogens with zero attached hydrogens (tertiary/aromatic N) is 1. The Labute approximate surface area is 112 Å². The summed E-state index contributed by atoms with van der Waals surface area (Å²) in [5.41, 5.74) is -0.743. The number of methoxy groups -OCH3 is 1. The third-order valence-electron chi connectivity index (χ3n) is 3.19. The Kier molecular flexibility index (Phi) is 4.87. The standard InChI is InChI=1S/C14H17FN2O2/c1-4-14(5-2,9-16)17-13(18)10-6-7-12(19-3)11(15)8-10/h6-8H,4-5H2,1-3H3,(H,17,18). The molecule has 1 rings (SSSR count). The number of hydrogen-bond acceptors (Lipinski definition) is 3. The van der Waals surface area contributed by atoms with Gasteiger partial charge < -0.3 is 10.1 Å². The van der Waals surface area contributed by atoms with Crippen LogP contribution < -0.4 is 10.1 Å². The van der Waals surface area contributed by atoms with Crippen LogP contribution in [0.3, 0.4) is 0 Å². The highest BCUT2D eigenvalue weighted by Crippen LogP contribution is 2.19. The summed E-state index contributed by atoms with van der Waals surface area (Å²) in [5.74, 6) is -0.994. The average Bonchev–Trinajstić information content (AvgIpc) is 2.44. The molecular weight excluding hydrogens is 247 g/mol. The average molecular weight is 264 g/mol. The number of nitriles is 1. The van der Waals surface area contributed by atoms with Gasteiger partial charge in [0.05, 0.1) is 13.2 Å². The van der Waals surface area contributed by atoms with E-state index in [1.165, 1.54) is 19.2 Å². The maximum Gasteiger partial charge on any atom is 0.252 e. The molecule has 0 radical (unpaired) electrons. The number of halogens is 1. The van der Waals surface area contributed by atoms with Crippen molar-refractivity contribution < 1.29 is 13.9 Å². The highest BCUT2D eigenvalue weighted by atomic mass is 19.1. The molecule has 0 aliphatic heterocycles. The van der Waals surface area contributed by atoms with Crippen molar-refractivity contribution in [2.45, 2.75) is 32.2 Å². The minimum absolute atomic E-state index is 0.0779. The molecule has 0 saturated heterocycles. The van der Waals surface area contributed by atoms with Crippen molar-refractivity contribution in [1.29, 1.82) is 5.26 Å². The second-order valence-corrected chi connectivity index (χ2v) is 4.20. The van der Waals surface area contributed by atoms with E-state index in [1.807, 2.05) is 13.8 Å². The fourth-order valence-electron chi connectivity index (χ4n) is 1.71. The third kappa shape index (κ3) is 3.22. The molecule has 5 heteroatoms. The van der Waals surface area contributed by atoms with E-state index in [0.717, 1.165) is 6.07 Å². The number of amides is 1. The van der Waals surface area contributed by atoms with Gasteiger partial charge in [0.1, 0.15) is 5.54 Å². The first-order valence-electron chi connectivity index (χ1n) is 6.09. The Morgan fingerprint density at radius 3 is 2.53 bits per heavy atom. The smallest absolute Gasteiger partial charge is 0.252 e. The van der Waals surface area contributed by atoms with Gasteiger partial charge in [0, 0.05) is 5.56 Å². The Balaban J connectivity index is 2.96. The van der Waals surface area contributed by atoms with E-state index >= 15 is 0 Å². The summed E-state index contributed by atoms with van der Waals surface area (Å²) in [4.78, 5) is 12.0. The fourth-order valence-corrected chi connectivity index (χ4v) is 1.71. The van der Waals surface area contributed by atoms with Gasteiger partial charge in [-0.2, -0.15) is 5.26 Å². The molecule has 0 atom stereocenters. The summed E-state index contributed by atoms with van der Waals surface area (Å²) in [5, 5.41) is 11.8. The van der Waals surface area contributed by atoms with Crippen molar-refractivity contribution in [2.24, 2.45) is 0 Å². The summed E-state index contributed by atoms with van der Waals surface area (Å²) in [7, 11) is 1.35. The molecule has 0 aromatic heterocycles. The van der Waals surface area contributed by atoms with E-state index in [1.54, 1.807) is 0 Å². The number of nitrogens with one attached hydrogen (secondary N) is 1. The van der Waals surface area contributed by atoms with Crippen LogP contribution in [0, 0.1) is 17.1 Å². The highest BCUT2D eigenvalue weighted by molar-refractivity contribution is 5.95. The van der Waals surface area contributed by atoms with Gasteiger partial charge in [-0.25, -0.2) is 4.39 Å². The van der Waals surface area contributed by atoms with Crippen molar-refractivity contribution in [1.82, 2.24) is 5.32 Å². The van der Waals surface area contributed by atoms with Gasteiger partial charge in [0.25, 0.3) is 5.91 Å². The van der Waals surface area contributed by atoms with Crippen molar-refractivity contribution in [3.05, 3.63) is 29.6 Å². The zero-order chi connectivity index (χ0) is 14.5. The van der Waals surface area contributed by atoms with Gasteiger partial charge in [-0.1, -0.05) is 13.8 Å². The molecular formula is C14H17FN2O2. The minimum atomic E-state index is -0.909. The van der Waals surface area contributed by atoms with Crippen LogP contribution in [0.5, 0.6) is 5.75 Å². The highest BCUT2D eigenvalue weighted by Gasteiger charge is 2.28. The van der Waals surface area contributed by atoms with E-state index in [4.69, 9.17) is 10.00 Å². The number of carbonyl (C=O) groups excluding carboxylic acids is 1. The lowest BCUT2D eigenvalue weighted by atomic mass is 9.94. The van der Waals surface area contributed by atoms with Gasteiger partial charge in [-0.15, -0.1) is 0 Å². The molecule has 1 amide bonds. The lowest BCUT2D eigenvalue weighted by Gasteiger charge is -2.24. The number of benzene rings is 1. The maximum absolute atomic E-state index is 13.5. The topological polar surface area (TPSA) is 62.1 Å². The number of rotatable bonds is 5. The van der Waals surface area contributed by atoms with Crippen molar-refractivity contribution in [3.63, 3.8) is 0 Å². The molecule has 0 bridgehead atoms. The van der Waals surface area contributed by atoms with Gasteiger partial charge >= 0.3 is 0 Å². The summed E-state index contributed by atoms with van der Waals surface area (Å²) in [6.07, 6.45) is 0.981. The first-order valence-corrected chi connectivity index (χ1v) is 6.09. The first kappa shape index (κ1) is 15.0. The quantitative estimate of drug-likeness (QED) is 0.889. The Morgan fingerprint density at radius 2 is 2.11 bits per heavy atom. The molecule has 1 aromatic carbocycles. The molecule has 102 valence electrons. The van der Waals surface area contributed by atoms with Crippen molar-refractivity contribution in [2.75, 3.05) is 7.11 Å². The Morgan fingerprint density at radius 1 is 1.47 bits per heavy atom. The summed E-state index contributed by atoms with van der Waals surface area (Å²) < 4.78 is 18.3. The molecule has 4 nitrogen and oxygen atoms in total. The number of carbonyl (C=O) groups is 1. The number of hydrogen-bond donors (Lipinski definition) is 1. The second-order valence-electron chi connectivity index (χ2n) is 4.20. The van der Waals surface area contributed by atoms with Crippen molar-refractivity contribution in [3.8, 4) is 11.8 Å². The predicted molar refractivity (Wildman–Crippen MR) is 69.3 cm³/mol. The monoisotopic (exact) mass is 264 g/mol. The largest absolute Gasteiger partial charge is 0.494 e. The third-order valence-corrected chi connectivity index (χ3v) is 3.19. The van der Waals surface area contributed by atoms with E-state index in [9.17, 15) is 9.18 Å². The Bertz CT molecular complexity index is 505. The first-order chi connectivity index (χ1) is 9.01. The van der Waals surface area contributed by atoms with Gasteiger partial charge in [0.2, 0.25) is 0 Å². The van der Waals surface area contributed by atoms with Crippen LogP contribution >= 0.6 is 0 Å².